The van der Waals surface area contributed by atoms with Crippen LogP contribution in [-0.4, -0.2) is 56.6 Å². The summed E-state index contributed by atoms with van der Waals surface area (Å²) in [5, 5.41) is 3.45. The van der Waals surface area contributed by atoms with Gasteiger partial charge in [0.2, 0.25) is 0 Å². The Morgan fingerprint density at radius 2 is 1.34 bits per heavy atom. The standard InChI is InChI=1S/C10H13N3.2C7H8O3S/c1-2-9(5-11-3-1)13-6-8-4-12-10(8)7-13;2*1-6-2-4-7(5-3-6)11(8,9)10/h1-3,5,8,10,12H,4,6-7H2;2*2-5H,1H3,(H,8,9,10)/t8-,10+;;/m0../s1. The summed E-state index contributed by atoms with van der Waals surface area (Å²) >= 11 is 0. The topological polar surface area (TPSA) is 137 Å². The Kier molecular flexibility index (Phi) is 8.62. The van der Waals surface area contributed by atoms with Gasteiger partial charge in [0, 0.05) is 37.8 Å². The normalized spacial score (nSPS) is 18.8. The molecule has 0 aliphatic carbocycles. The number of aromatic nitrogens is 1. The van der Waals surface area contributed by atoms with Crippen molar-refractivity contribution in [2.45, 2.75) is 29.7 Å². The lowest BCUT2D eigenvalue weighted by Gasteiger charge is -2.29. The second-order valence-corrected chi connectivity index (χ2v) is 11.3. The second kappa shape index (κ2) is 11.3. The Labute approximate surface area is 206 Å². The van der Waals surface area contributed by atoms with Crippen molar-refractivity contribution >= 4 is 25.9 Å². The van der Waals surface area contributed by atoms with Crippen molar-refractivity contribution in [2.24, 2.45) is 5.92 Å². The Bertz CT molecular complexity index is 1230. The summed E-state index contributed by atoms with van der Waals surface area (Å²) in [7, 11) is -8.04. The molecular weight excluding hydrogens is 490 g/mol. The van der Waals surface area contributed by atoms with Crippen LogP contribution in [-0.2, 0) is 20.2 Å². The zero-order valence-electron chi connectivity index (χ0n) is 19.4. The molecule has 0 spiro atoms. The quantitative estimate of drug-likeness (QED) is 0.446. The molecule has 2 saturated heterocycles. The predicted octanol–water partition coefficient (Wildman–Crippen LogP) is 2.97. The van der Waals surface area contributed by atoms with Gasteiger partial charge in [-0.2, -0.15) is 16.8 Å². The van der Waals surface area contributed by atoms with E-state index in [1.54, 1.807) is 24.3 Å². The minimum Gasteiger partial charge on any atom is -0.368 e. The maximum atomic E-state index is 10.5. The van der Waals surface area contributed by atoms with Crippen LogP contribution in [0.4, 0.5) is 5.69 Å². The molecule has 3 aromatic rings. The fourth-order valence-electron chi connectivity index (χ4n) is 3.62. The number of fused-ring (bicyclic) bond motifs is 1. The monoisotopic (exact) mass is 519 g/mol. The molecule has 2 aromatic carbocycles. The first-order valence-corrected chi connectivity index (χ1v) is 13.8. The van der Waals surface area contributed by atoms with Crippen LogP contribution in [0.15, 0.2) is 82.8 Å². The van der Waals surface area contributed by atoms with Gasteiger partial charge in [0.15, 0.2) is 0 Å². The number of hydrogen-bond acceptors (Lipinski definition) is 7. The van der Waals surface area contributed by atoms with Crippen molar-refractivity contribution in [1.29, 1.82) is 0 Å². The Hall–Kier alpha value is -2.83. The molecule has 2 aliphatic heterocycles. The molecule has 3 N–H and O–H groups in total. The van der Waals surface area contributed by atoms with E-state index in [-0.39, 0.29) is 9.79 Å². The lowest BCUT2D eigenvalue weighted by atomic mass is 9.96. The summed E-state index contributed by atoms with van der Waals surface area (Å²) in [5.41, 5.74) is 3.17. The predicted molar refractivity (Wildman–Crippen MR) is 134 cm³/mol. The number of pyridine rings is 1. The minimum atomic E-state index is -4.02. The number of rotatable bonds is 3. The van der Waals surface area contributed by atoms with E-state index in [0.29, 0.717) is 0 Å². The van der Waals surface area contributed by atoms with Crippen LogP contribution in [0, 0.1) is 19.8 Å². The molecule has 0 amide bonds. The summed E-state index contributed by atoms with van der Waals surface area (Å²) in [5.74, 6) is 0.875. The molecule has 3 heterocycles. The zero-order valence-corrected chi connectivity index (χ0v) is 21.1. The van der Waals surface area contributed by atoms with Crippen LogP contribution in [0.2, 0.25) is 0 Å². The fraction of sp³-hybridized carbons (Fsp3) is 0.292. The van der Waals surface area contributed by atoms with Crippen LogP contribution in [0.25, 0.3) is 0 Å². The Morgan fingerprint density at radius 1 is 0.829 bits per heavy atom. The van der Waals surface area contributed by atoms with E-state index < -0.39 is 20.2 Å². The molecule has 9 nitrogen and oxygen atoms in total. The molecule has 0 bridgehead atoms. The highest BCUT2D eigenvalue weighted by Crippen LogP contribution is 2.27. The molecule has 2 fully saturated rings. The molecule has 1 aromatic heterocycles. The summed E-state index contributed by atoms with van der Waals surface area (Å²) in [4.78, 5) is 6.42. The van der Waals surface area contributed by atoms with E-state index in [1.807, 2.05) is 32.3 Å². The smallest absolute Gasteiger partial charge is 0.294 e. The van der Waals surface area contributed by atoms with Gasteiger partial charge in [0.1, 0.15) is 0 Å². The first-order valence-electron chi connectivity index (χ1n) is 10.9. The zero-order chi connectivity index (χ0) is 25.6. The SMILES string of the molecule is Cc1ccc(S(=O)(=O)O)cc1.Cc1ccc(S(=O)(=O)O)cc1.c1cncc(N2C[C@@H]3CN[C@@H]3C2)c1. The highest BCUT2D eigenvalue weighted by Gasteiger charge is 2.38. The van der Waals surface area contributed by atoms with Gasteiger partial charge in [-0.15, -0.1) is 0 Å². The molecule has 0 radical (unpaired) electrons. The average molecular weight is 520 g/mol. The summed E-state index contributed by atoms with van der Waals surface area (Å²) < 4.78 is 59.1. The highest BCUT2D eigenvalue weighted by atomic mass is 32.2. The number of anilines is 1. The Morgan fingerprint density at radius 3 is 1.66 bits per heavy atom. The lowest BCUT2D eigenvalue weighted by molar-refractivity contribution is 0.297. The molecule has 0 saturated carbocycles. The van der Waals surface area contributed by atoms with Gasteiger partial charge in [0.05, 0.1) is 21.7 Å². The van der Waals surface area contributed by atoms with Crippen molar-refractivity contribution in [3.63, 3.8) is 0 Å². The van der Waals surface area contributed by atoms with E-state index in [2.05, 4.69) is 21.3 Å². The molecular formula is C24H29N3O6S2. The minimum absolute atomic E-state index is 0.0666. The molecule has 5 rings (SSSR count). The first kappa shape index (κ1) is 26.8. The Balaban J connectivity index is 0.000000148. The molecule has 188 valence electrons. The van der Waals surface area contributed by atoms with Gasteiger partial charge in [-0.05, 0) is 50.2 Å². The number of hydrogen-bond donors (Lipinski definition) is 3. The highest BCUT2D eigenvalue weighted by molar-refractivity contribution is 7.86. The first-order chi connectivity index (χ1) is 16.4. The number of aryl methyl sites for hydroxylation is 2. The third-order valence-electron chi connectivity index (χ3n) is 5.73. The molecule has 35 heavy (non-hydrogen) atoms. The van der Waals surface area contributed by atoms with Gasteiger partial charge in [-0.1, -0.05) is 35.4 Å². The van der Waals surface area contributed by atoms with Gasteiger partial charge >= 0.3 is 0 Å². The number of benzene rings is 2. The molecule has 0 unspecified atom stereocenters. The maximum absolute atomic E-state index is 10.5. The largest absolute Gasteiger partial charge is 0.368 e. The summed E-state index contributed by atoms with van der Waals surface area (Å²) in [6.45, 7) is 7.22. The van der Waals surface area contributed by atoms with Gasteiger partial charge < -0.3 is 10.2 Å². The number of nitrogens with one attached hydrogen (secondary N) is 1. The van der Waals surface area contributed by atoms with E-state index in [0.717, 1.165) is 29.6 Å². The van der Waals surface area contributed by atoms with E-state index >= 15 is 0 Å². The van der Waals surface area contributed by atoms with Crippen LogP contribution in [0.5, 0.6) is 0 Å². The van der Waals surface area contributed by atoms with E-state index in [4.69, 9.17) is 9.11 Å². The van der Waals surface area contributed by atoms with Gasteiger partial charge in [0.25, 0.3) is 20.2 Å². The van der Waals surface area contributed by atoms with E-state index in [9.17, 15) is 16.8 Å². The molecule has 2 aliphatic rings. The third-order valence-corrected chi connectivity index (χ3v) is 7.47. The second-order valence-electron chi connectivity index (χ2n) is 8.47. The van der Waals surface area contributed by atoms with Crippen molar-refractivity contribution in [1.82, 2.24) is 10.3 Å². The molecule has 11 heteroatoms. The summed E-state index contributed by atoms with van der Waals surface area (Å²) in [6, 6.07) is 16.9. The van der Waals surface area contributed by atoms with Crippen molar-refractivity contribution in [3.8, 4) is 0 Å². The van der Waals surface area contributed by atoms with Crippen LogP contribution < -0.4 is 10.2 Å². The number of nitrogens with zero attached hydrogens (tertiary/aromatic N) is 2. The lowest BCUT2D eigenvalue weighted by Crippen LogP contribution is -2.51. The van der Waals surface area contributed by atoms with E-state index in [1.165, 1.54) is 43.0 Å². The summed E-state index contributed by atoms with van der Waals surface area (Å²) in [6.07, 6.45) is 3.77. The average Bonchev–Trinajstić information content (AvgIpc) is 3.09. The van der Waals surface area contributed by atoms with Crippen molar-refractivity contribution in [2.75, 3.05) is 24.5 Å². The van der Waals surface area contributed by atoms with Crippen LogP contribution in [0.1, 0.15) is 11.1 Å². The molecule has 2 atom stereocenters. The van der Waals surface area contributed by atoms with Crippen molar-refractivity contribution in [3.05, 3.63) is 84.2 Å². The van der Waals surface area contributed by atoms with Crippen LogP contribution in [0.3, 0.4) is 0 Å². The van der Waals surface area contributed by atoms with Gasteiger partial charge in [-0.25, -0.2) is 0 Å². The maximum Gasteiger partial charge on any atom is 0.294 e. The fourth-order valence-corrected chi connectivity index (χ4v) is 4.58. The van der Waals surface area contributed by atoms with Crippen molar-refractivity contribution < 1.29 is 25.9 Å². The van der Waals surface area contributed by atoms with Crippen LogP contribution >= 0.6 is 0 Å². The third kappa shape index (κ3) is 7.84. The van der Waals surface area contributed by atoms with Gasteiger partial charge in [-0.3, -0.25) is 14.1 Å².